The summed E-state index contributed by atoms with van der Waals surface area (Å²) in [6, 6.07) is 8.03. The first-order valence-corrected chi connectivity index (χ1v) is 9.92. The van der Waals surface area contributed by atoms with Crippen LogP contribution < -0.4 is 11.2 Å². The Morgan fingerprint density at radius 2 is 1.97 bits per heavy atom. The number of aryl methyl sites for hydroxylation is 1. The molecule has 1 aromatic carbocycles. The number of aromatic amines is 1. The van der Waals surface area contributed by atoms with Crippen molar-refractivity contribution in [1.29, 1.82) is 0 Å². The van der Waals surface area contributed by atoms with E-state index in [1.54, 1.807) is 4.90 Å². The van der Waals surface area contributed by atoms with E-state index in [0.717, 1.165) is 33.1 Å². The number of imidazole rings is 1. The van der Waals surface area contributed by atoms with Crippen molar-refractivity contribution in [2.45, 2.75) is 19.5 Å². The first kappa shape index (κ1) is 18.7. The van der Waals surface area contributed by atoms with Crippen molar-refractivity contribution >= 4 is 39.6 Å². The van der Waals surface area contributed by atoms with Crippen molar-refractivity contribution < 1.29 is 4.79 Å². The van der Waals surface area contributed by atoms with Crippen molar-refractivity contribution in [1.82, 2.24) is 28.6 Å². The molecule has 0 unspecified atom stereocenters. The van der Waals surface area contributed by atoms with Gasteiger partial charge in [-0.15, -0.1) is 0 Å². The maximum Gasteiger partial charge on any atom is 0.332 e. The number of carbonyl (C=O) groups excluding carboxylic acids is 1. The van der Waals surface area contributed by atoms with Gasteiger partial charge in [0.25, 0.3) is 5.56 Å². The second-order valence-electron chi connectivity index (χ2n) is 7.54. The molecule has 0 radical (unpaired) electrons. The lowest BCUT2D eigenvalue weighted by Gasteiger charge is -2.27. The van der Waals surface area contributed by atoms with Gasteiger partial charge in [0.05, 0.1) is 0 Å². The van der Waals surface area contributed by atoms with Crippen LogP contribution in [0.25, 0.3) is 22.1 Å². The third-order valence-electron chi connectivity index (χ3n) is 5.83. The predicted octanol–water partition coefficient (Wildman–Crippen LogP) is 1.15. The highest BCUT2D eigenvalue weighted by atomic mass is 35.5. The Labute approximate surface area is 175 Å². The van der Waals surface area contributed by atoms with Crippen LogP contribution in [0.1, 0.15) is 11.3 Å². The molecule has 30 heavy (non-hydrogen) atoms. The van der Waals surface area contributed by atoms with Crippen LogP contribution in [0.15, 0.2) is 33.9 Å². The standard InChI is InChI=1S/C20H19ClN6O3/c1-24-17-16(18(29)25(2)20(24)30)27(19(21)23-17)10-15(28)26-8-7-14-12(9-26)11-5-3-4-6-13(11)22-14/h3-6,22H,7-10H2,1-2H3. The molecule has 3 aromatic heterocycles. The minimum absolute atomic E-state index is 0.00134. The minimum atomic E-state index is -0.530. The zero-order valence-electron chi connectivity index (χ0n) is 16.5. The van der Waals surface area contributed by atoms with Crippen molar-refractivity contribution in [3.8, 4) is 0 Å². The first-order chi connectivity index (χ1) is 14.4. The van der Waals surface area contributed by atoms with Crippen LogP contribution in [-0.2, 0) is 38.4 Å². The SMILES string of the molecule is Cn1c(=O)c2c(nc(Cl)n2CC(=O)N2CCc3[nH]c4ccccc4c3C2)n(C)c1=O. The van der Waals surface area contributed by atoms with Crippen LogP contribution in [0, 0.1) is 0 Å². The highest BCUT2D eigenvalue weighted by molar-refractivity contribution is 6.29. The summed E-state index contributed by atoms with van der Waals surface area (Å²) in [5.74, 6) is -0.164. The van der Waals surface area contributed by atoms with E-state index in [4.69, 9.17) is 11.6 Å². The number of halogens is 1. The molecular weight excluding hydrogens is 408 g/mol. The largest absolute Gasteiger partial charge is 0.358 e. The summed E-state index contributed by atoms with van der Waals surface area (Å²) >= 11 is 6.25. The van der Waals surface area contributed by atoms with Gasteiger partial charge in [-0.3, -0.25) is 23.3 Å². The lowest BCUT2D eigenvalue weighted by molar-refractivity contribution is -0.132. The van der Waals surface area contributed by atoms with E-state index in [1.165, 1.54) is 23.2 Å². The molecule has 0 spiro atoms. The average Bonchev–Trinajstić information content (AvgIpc) is 3.28. The molecular formula is C20H19ClN6O3. The third kappa shape index (κ3) is 2.62. The number of hydrogen-bond donors (Lipinski definition) is 1. The van der Waals surface area contributed by atoms with Gasteiger partial charge in [0, 0.05) is 55.8 Å². The molecule has 1 aliphatic heterocycles. The summed E-state index contributed by atoms with van der Waals surface area (Å²) in [7, 11) is 2.91. The molecule has 154 valence electrons. The van der Waals surface area contributed by atoms with Crippen molar-refractivity contribution in [2.75, 3.05) is 6.54 Å². The van der Waals surface area contributed by atoms with Crippen LogP contribution in [0.5, 0.6) is 0 Å². The summed E-state index contributed by atoms with van der Waals surface area (Å²) in [5, 5.41) is 1.11. The van der Waals surface area contributed by atoms with Gasteiger partial charge in [-0.1, -0.05) is 18.2 Å². The highest BCUT2D eigenvalue weighted by Crippen LogP contribution is 2.28. The Morgan fingerprint density at radius 1 is 1.20 bits per heavy atom. The number of aromatic nitrogens is 5. The number of benzene rings is 1. The predicted molar refractivity (Wildman–Crippen MR) is 113 cm³/mol. The normalized spacial score (nSPS) is 13.9. The lowest BCUT2D eigenvalue weighted by Crippen LogP contribution is -2.39. The first-order valence-electron chi connectivity index (χ1n) is 9.54. The lowest BCUT2D eigenvalue weighted by atomic mass is 10.0. The van der Waals surface area contributed by atoms with E-state index in [-0.39, 0.29) is 28.9 Å². The summed E-state index contributed by atoms with van der Waals surface area (Å²) in [6.45, 7) is 0.929. The number of H-pyrrole nitrogens is 1. The maximum absolute atomic E-state index is 13.1. The summed E-state index contributed by atoms with van der Waals surface area (Å²) < 4.78 is 3.62. The Morgan fingerprint density at radius 3 is 2.77 bits per heavy atom. The molecule has 0 aliphatic carbocycles. The molecule has 5 rings (SSSR count). The monoisotopic (exact) mass is 426 g/mol. The van der Waals surface area contributed by atoms with Crippen LogP contribution in [0.3, 0.4) is 0 Å². The van der Waals surface area contributed by atoms with E-state index >= 15 is 0 Å². The van der Waals surface area contributed by atoms with Crippen molar-refractivity contribution in [2.24, 2.45) is 14.1 Å². The number of fused-ring (bicyclic) bond motifs is 4. The number of nitrogens with zero attached hydrogens (tertiary/aromatic N) is 5. The van der Waals surface area contributed by atoms with E-state index in [1.807, 2.05) is 24.3 Å². The van der Waals surface area contributed by atoms with Gasteiger partial charge in [0.2, 0.25) is 11.2 Å². The van der Waals surface area contributed by atoms with Gasteiger partial charge in [-0.05, 0) is 17.7 Å². The molecule has 1 N–H and O–H groups in total. The molecule has 1 amide bonds. The van der Waals surface area contributed by atoms with Crippen molar-refractivity contribution in [3.05, 3.63) is 61.6 Å². The molecule has 0 fully saturated rings. The number of hydrogen-bond acceptors (Lipinski definition) is 4. The van der Waals surface area contributed by atoms with E-state index in [2.05, 4.69) is 9.97 Å². The summed E-state index contributed by atoms with van der Waals surface area (Å²) in [4.78, 5) is 47.3. The van der Waals surface area contributed by atoms with Gasteiger partial charge >= 0.3 is 5.69 Å². The molecule has 0 saturated heterocycles. The molecule has 4 aromatic rings. The van der Waals surface area contributed by atoms with Gasteiger partial charge in [-0.25, -0.2) is 4.79 Å². The second kappa shape index (κ2) is 6.60. The Kier molecular flexibility index (Phi) is 4.11. The number of para-hydroxylation sites is 1. The average molecular weight is 427 g/mol. The second-order valence-corrected chi connectivity index (χ2v) is 7.88. The quantitative estimate of drug-likeness (QED) is 0.486. The molecule has 9 nitrogen and oxygen atoms in total. The summed E-state index contributed by atoms with van der Waals surface area (Å²) in [5.41, 5.74) is 2.60. The summed E-state index contributed by atoms with van der Waals surface area (Å²) in [6.07, 6.45) is 0.727. The van der Waals surface area contributed by atoms with Crippen LogP contribution in [0.2, 0.25) is 5.28 Å². The van der Waals surface area contributed by atoms with E-state index in [9.17, 15) is 14.4 Å². The number of amides is 1. The van der Waals surface area contributed by atoms with Gasteiger partial charge in [0.1, 0.15) is 6.54 Å². The van der Waals surface area contributed by atoms with E-state index < -0.39 is 11.2 Å². The number of nitrogens with one attached hydrogen (secondary N) is 1. The zero-order chi connectivity index (χ0) is 21.2. The zero-order valence-corrected chi connectivity index (χ0v) is 17.2. The minimum Gasteiger partial charge on any atom is -0.358 e. The highest BCUT2D eigenvalue weighted by Gasteiger charge is 2.26. The Balaban J connectivity index is 1.51. The van der Waals surface area contributed by atoms with Crippen LogP contribution in [0.4, 0.5) is 0 Å². The topological polar surface area (TPSA) is 97.9 Å². The maximum atomic E-state index is 13.1. The van der Waals surface area contributed by atoms with E-state index in [0.29, 0.717) is 13.1 Å². The van der Waals surface area contributed by atoms with Crippen LogP contribution in [-0.4, -0.2) is 41.0 Å². The molecule has 10 heteroatoms. The molecule has 0 saturated carbocycles. The van der Waals surface area contributed by atoms with Crippen molar-refractivity contribution in [3.63, 3.8) is 0 Å². The number of carbonyl (C=O) groups is 1. The van der Waals surface area contributed by atoms with Gasteiger partial charge in [-0.2, -0.15) is 4.98 Å². The number of rotatable bonds is 2. The molecule has 0 bridgehead atoms. The molecule has 0 atom stereocenters. The Bertz CT molecular complexity index is 1460. The third-order valence-corrected chi connectivity index (χ3v) is 6.12. The fourth-order valence-electron chi connectivity index (χ4n) is 4.18. The van der Waals surface area contributed by atoms with Gasteiger partial charge < -0.3 is 9.88 Å². The fourth-order valence-corrected chi connectivity index (χ4v) is 4.40. The van der Waals surface area contributed by atoms with Gasteiger partial charge in [0.15, 0.2) is 11.2 Å². The molecule has 4 heterocycles. The fraction of sp³-hybridized carbons (Fsp3) is 0.300. The van der Waals surface area contributed by atoms with Crippen LogP contribution >= 0.6 is 11.6 Å². The Hall–Kier alpha value is -3.33. The smallest absolute Gasteiger partial charge is 0.332 e. The molecule has 1 aliphatic rings.